The number of benzene rings is 2. The number of rotatable bonds is 6. The molecule has 2 aromatic carbocycles. The van der Waals surface area contributed by atoms with Gasteiger partial charge in [-0.1, -0.05) is 58.4 Å². The molecule has 1 N–H and O–H groups in total. The van der Waals surface area contributed by atoms with E-state index in [9.17, 15) is 5.11 Å². The van der Waals surface area contributed by atoms with Gasteiger partial charge in [0.25, 0.3) is 0 Å². The quantitative estimate of drug-likeness (QED) is 0.696. The van der Waals surface area contributed by atoms with Crippen LogP contribution in [0.15, 0.2) is 59.1 Å². The van der Waals surface area contributed by atoms with Gasteiger partial charge in [0, 0.05) is 16.9 Å². The van der Waals surface area contributed by atoms with Gasteiger partial charge in [-0.25, -0.2) is 0 Å². The summed E-state index contributed by atoms with van der Waals surface area (Å²) in [5.74, 6) is 0.962. The van der Waals surface area contributed by atoms with Crippen molar-refractivity contribution >= 4 is 15.9 Å². The van der Waals surface area contributed by atoms with Crippen LogP contribution in [0.25, 0.3) is 0 Å². The Bertz CT molecular complexity index is 685. The Morgan fingerprint density at radius 1 is 1.08 bits per heavy atom. The molecule has 2 nitrogen and oxygen atoms in total. The molecule has 1 fully saturated rings. The minimum Gasteiger partial charge on any atom is -0.385 e. The Morgan fingerprint density at radius 3 is 2.42 bits per heavy atom. The molecule has 3 rings (SSSR count). The zero-order valence-corrected chi connectivity index (χ0v) is 17.5. The van der Waals surface area contributed by atoms with Crippen molar-refractivity contribution in [1.29, 1.82) is 0 Å². The molecule has 3 heteroatoms. The first-order valence-corrected chi connectivity index (χ1v) is 10.4. The predicted molar refractivity (Wildman–Crippen MR) is 112 cm³/mol. The van der Waals surface area contributed by atoms with Gasteiger partial charge in [0.05, 0.1) is 5.60 Å². The molecule has 0 amide bonds. The van der Waals surface area contributed by atoms with Crippen molar-refractivity contribution in [2.75, 3.05) is 20.6 Å². The van der Waals surface area contributed by atoms with Gasteiger partial charge in [0.2, 0.25) is 0 Å². The number of aliphatic hydroxyl groups is 1. The van der Waals surface area contributed by atoms with E-state index in [2.05, 4.69) is 77.4 Å². The third-order valence-electron chi connectivity index (χ3n) is 5.84. The number of halogens is 1. The van der Waals surface area contributed by atoms with Crippen LogP contribution >= 0.6 is 15.9 Å². The Balaban J connectivity index is 1.71. The van der Waals surface area contributed by atoms with Crippen LogP contribution in [0.4, 0.5) is 0 Å². The average molecular weight is 416 g/mol. The fourth-order valence-electron chi connectivity index (χ4n) is 4.41. The van der Waals surface area contributed by atoms with Crippen molar-refractivity contribution < 1.29 is 5.11 Å². The molecule has 1 aliphatic carbocycles. The number of nitrogens with zero attached hydrogens (tertiary/aromatic N) is 1. The SMILES string of the molecule is CN(C)CC1CC(CCc2ccccc2)CCC1(O)c1ccc(Br)cc1. The molecule has 0 saturated heterocycles. The lowest BCUT2D eigenvalue weighted by molar-refractivity contribution is -0.0760. The van der Waals surface area contributed by atoms with Gasteiger partial charge in [-0.2, -0.15) is 0 Å². The van der Waals surface area contributed by atoms with Crippen LogP contribution in [0.2, 0.25) is 0 Å². The van der Waals surface area contributed by atoms with Crippen molar-refractivity contribution in [2.45, 2.75) is 37.7 Å². The first kappa shape index (κ1) is 19.6. The molecule has 26 heavy (non-hydrogen) atoms. The largest absolute Gasteiger partial charge is 0.385 e. The Labute approximate surface area is 166 Å². The van der Waals surface area contributed by atoms with Crippen molar-refractivity contribution in [2.24, 2.45) is 11.8 Å². The molecule has 140 valence electrons. The third kappa shape index (κ3) is 4.76. The molecule has 0 aliphatic heterocycles. The van der Waals surface area contributed by atoms with Crippen LogP contribution in [-0.2, 0) is 12.0 Å². The van der Waals surface area contributed by atoms with E-state index < -0.39 is 5.60 Å². The summed E-state index contributed by atoms with van der Waals surface area (Å²) < 4.78 is 1.06. The van der Waals surface area contributed by atoms with Gasteiger partial charge >= 0.3 is 0 Å². The second-order valence-corrected chi connectivity index (χ2v) is 8.97. The molecule has 1 aliphatic rings. The summed E-state index contributed by atoms with van der Waals surface area (Å²) in [6, 6.07) is 19.0. The Hall–Kier alpha value is -1.16. The maximum Gasteiger partial charge on any atom is 0.0936 e. The van der Waals surface area contributed by atoms with Crippen LogP contribution in [0.5, 0.6) is 0 Å². The molecule has 2 aromatic rings. The predicted octanol–water partition coefficient (Wildman–Crippen LogP) is 5.25. The highest BCUT2D eigenvalue weighted by atomic mass is 79.9. The Morgan fingerprint density at radius 2 is 1.77 bits per heavy atom. The summed E-state index contributed by atoms with van der Waals surface area (Å²) in [4.78, 5) is 2.22. The monoisotopic (exact) mass is 415 g/mol. The fourth-order valence-corrected chi connectivity index (χ4v) is 4.67. The van der Waals surface area contributed by atoms with E-state index in [1.165, 1.54) is 12.0 Å². The van der Waals surface area contributed by atoms with Crippen LogP contribution in [0, 0.1) is 11.8 Å². The van der Waals surface area contributed by atoms with E-state index in [0.29, 0.717) is 5.92 Å². The van der Waals surface area contributed by atoms with Crippen LogP contribution in [0.3, 0.4) is 0 Å². The van der Waals surface area contributed by atoms with E-state index in [1.807, 2.05) is 12.1 Å². The van der Waals surface area contributed by atoms with E-state index in [0.717, 1.165) is 42.3 Å². The number of hydrogen-bond acceptors (Lipinski definition) is 2. The minimum atomic E-state index is -0.714. The molecule has 0 aromatic heterocycles. The van der Waals surface area contributed by atoms with Gasteiger partial charge in [-0.05, 0) is 75.4 Å². The smallest absolute Gasteiger partial charge is 0.0936 e. The van der Waals surface area contributed by atoms with Gasteiger partial charge in [-0.15, -0.1) is 0 Å². The summed E-state index contributed by atoms with van der Waals surface area (Å²) in [6.07, 6.45) is 5.40. The third-order valence-corrected chi connectivity index (χ3v) is 6.37. The van der Waals surface area contributed by atoms with E-state index in [1.54, 1.807) is 0 Å². The summed E-state index contributed by atoms with van der Waals surface area (Å²) in [5, 5.41) is 11.6. The highest BCUT2D eigenvalue weighted by Gasteiger charge is 2.43. The molecule has 0 bridgehead atoms. The van der Waals surface area contributed by atoms with Gasteiger partial charge < -0.3 is 10.0 Å². The minimum absolute atomic E-state index is 0.271. The lowest BCUT2D eigenvalue weighted by Gasteiger charge is -2.44. The summed E-state index contributed by atoms with van der Waals surface area (Å²) >= 11 is 3.50. The first-order valence-electron chi connectivity index (χ1n) is 9.64. The van der Waals surface area contributed by atoms with Crippen molar-refractivity contribution in [3.8, 4) is 0 Å². The van der Waals surface area contributed by atoms with Crippen molar-refractivity contribution in [1.82, 2.24) is 4.90 Å². The average Bonchev–Trinajstić information content (AvgIpc) is 2.63. The van der Waals surface area contributed by atoms with Crippen LogP contribution in [-0.4, -0.2) is 30.6 Å². The molecule has 0 spiro atoms. The lowest BCUT2D eigenvalue weighted by atomic mass is 9.66. The maximum absolute atomic E-state index is 11.6. The lowest BCUT2D eigenvalue weighted by Crippen LogP contribution is -2.45. The van der Waals surface area contributed by atoms with Crippen molar-refractivity contribution in [3.05, 3.63) is 70.2 Å². The molecule has 1 saturated carbocycles. The topological polar surface area (TPSA) is 23.5 Å². The van der Waals surface area contributed by atoms with E-state index in [-0.39, 0.29) is 5.92 Å². The second kappa shape index (κ2) is 8.69. The van der Waals surface area contributed by atoms with Gasteiger partial charge in [0.15, 0.2) is 0 Å². The number of aryl methyl sites for hydroxylation is 1. The zero-order chi connectivity index (χ0) is 18.6. The summed E-state index contributed by atoms with van der Waals surface area (Å²) in [5.41, 5.74) is 1.77. The fraction of sp³-hybridized carbons (Fsp3) is 0.478. The van der Waals surface area contributed by atoms with E-state index >= 15 is 0 Å². The first-order chi connectivity index (χ1) is 12.5. The standard InChI is InChI=1S/C23H30BrNO/c1-25(2)17-21-16-19(9-8-18-6-4-3-5-7-18)14-15-23(21,26)20-10-12-22(24)13-11-20/h3-7,10-13,19,21,26H,8-9,14-17H2,1-2H3. The molecular weight excluding hydrogens is 386 g/mol. The molecule has 0 radical (unpaired) electrons. The maximum atomic E-state index is 11.6. The van der Waals surface area contributed by atoms with E-state index in [4.69, 9.17) is 0 Å². The Kier molecular flexibility index (Phi) is 6.55. The highest BCUT2D eigenvalue weighted by molar-refractivity contribution is 9.10. The van der Waals surface area contributed by atoms with Crippen LogP contribution in [0.1, 0.15) is 36.8 Å². The van der Waals surface area contributed by atoms with Crippen LogP contribution < -0.4 is 0 Å². The molecule has 0 heterocycles. The van der Waals surface area contributed by atoms with Gasteiger partial charge in [-0.3, -0.25) is 0 Å². The number of hydrogen-bond donors (Lipinski definition) is 1. The summed E-state index contributed by atoms with van der Waals surface area (Å²) in [6.45, 7) is 0.925. The molecule has 3 atom stereocenters. The zero-order valence-electron chi connectivity index (χ0n) is 15.9. The highest BCUT2D eigenvalue weighted by Crippen LogP contribution is 2.45. The summed E-state index contributed by atoms with van der Waals surface area (Å²) in [7, 11) is 4.21. The second-order valence-electron chi connectivity index (χ2n) is 8.05. The van der Waals surface area contributed by atoms with Gasteiger partial charge in [0.1, 0.15) is 0 Å². The molecular formula is C23H30BrNO. The normalized spacial score (nSPS) is 26.2. The molecule has 3 unspecified atom stereocenters. The van der Waals surface area contributed by atoms with Crippen molar-refractivity contribution in [3.63, 3.8) is 0 Å².